The van der Waals surface area contributed by atoms with Crippen LogP contribution in [0.3, 0.4) is 0 Å². The maximum absolute atomic E-state index is 3.79. The number of hydrogen-bond donors (Lipinski definition) is 0. The maximum atomic E-state index is 3.79. The van der Waals surface area contributed by atoms with Crippen LogP contribution in [0.25, 0.3) is 0 Å². The molecule has 0 saturated carbocycles. The maximum Gasteiger partial charge on any atom is -0.0279 e. The Morgan fingerprint density at radius 1 is 1.00 bits per heavy atom. The van der Waals surface area contributed by atoms with Gasteiger partial charge in [-0.25, -0.2) is 0 Å². The highest BCUT2D eigenvalue weighted by molar-refractivity contribution is 5.20. The first-order valence-corrected chi connectivity index (χ1v) is 5.79. The van der Waals surface area contributed by atoms with Gasteiger partial charge in [-0.3, -0.25) is 0 Å². The summed E-state index contributed by atoms with van der Waals surface area (Å²) in [6.07, 6.45) is 15.1. The lowest BCUT2D eigenvalue weighted by Crippen LogP contribution is -1.81. The predicted molar refractivity (Wildman–Crippen MR) is 70.1 cm³/mol. The summed E-state index contributed by atoms with van der Waals surface area (Å²) >= 11 is 0. The highest BCUT2D eigenvalue weighted by atomic mass is 16.0. The fourth-order valence-corrected chi connectivity index (χ4v) is 1.51. The smallest absolute Gasteiger partial charge is 0.0279 e. The Hall–Kier alpha value is -0.820. The highest BCUT2D eigenvalue weighted by Crippen LogP contribution is 2.12. The van der Waals surface area contributed by atoms with Gasteiger partial charge >= 0.3 is 0 Å². The summed E-state index contributed by atoms with van der Waals surface area (Å²) in [7, 11) is 0. The van der Waals surface area contributed by atoms with Crippen LogP contribution in [-0.2, 0) is 0 Å². The van der Waals surface area contributed by atoms with Gasteiger partial charge in [0.05, 0.1) is 0 Å². The second-order valence-corrected chi connectivity index (χ2v) is 3.70. The third-order valence-corrected chi connectivity index (χ3v) is 2.41. The standard InChI is InChI=1S/C14H24.H2O/c1-4-7-8-9-10-11-13-14(6-3)12-5-2;/h5-6,12H,2-4,7-11,13H2,1H3;1H2/b14-12+;. The molecule has 0 unspecified atom stereocenters. The summed E-state index contributed by atoms with van der Waals surface area (Å²) in [5.41, 5.74) is 1.32. The molecule has 15 heavy (non-hydrogen) atoms. The van der Waals surface area contributed by atoms with Crippen LogP contribution in [0.15, 0.2) is 37.0 Å². The van der Waals surface area contributed by atoms with Crippen LogP contribution in [0, 0.1) is 0 Å². The van der Waals surface area contributed by atoms with Crippen LogP contribution in [0.4, 0.5) is 0 Å². The average molecular weight is 210 g/mol. The van der Waals surface area contributed by atoms with Gasteiger partial charge in [0.1, 0.15) is 0 Å². The van der Waals surface area contributed by atoms with E-state index in [1.54, 1.807) is 0 Å². The lowest BCUT2D eigenvalue weighted by atomic mass is 10.0. The Morgan fingerprint density at radius 3 is 2.13 bits per heavy atom. The molecule has 0 bridgehead atoms. The van der Waals surface area contributed by atoms with Crippen molar-refractivity contribution < 1.29 is 5.48 Å². The summed E-state index contributed by atoms with van der Waals surface area (Å²) in [5.74, 6) is 0. The quantitative estimate of drug-likeness (QED) is 0.403. The number of unbranched alkanes of at least 4 members (excludes halogenated alkanes) is 5. The van der Waals surface area contributed by atoms with E-state index in [9.17, 15) is 0 Å². The van der Waals surface area contributed by atoms with Crippen molar-refractivity contribution in [2.45, 2.75) is 51.9 Å². The van der Waals surface area contributed by atoms with Crippen molar-refractivity contribution in [3.63, 3.8) is 0 Å². The zero-order chi connectivity index (χ0) is 10.6. The van der Waals surface area contributed by atoms with Crippen LogP contribution in [-0.4, -0.2) is 5.48 Å². The topological polar surface area (TPSA) is 31.5 Å². The first kappa shape index (κ1) is 16.6. The molecule has 0 aliphatic rings. The molecule has 0 aliphatic carbocycles. The van der Waals surface area contributed by atoms with Gasteiger partial charge in [-0.15, -0.1) is 0 Å². The molecule has 0 fully saturated rings. The minimum absolute atomic E-state index is 0. The minimum atomic E-state index is 0. The van der Waals surface area contributed by atoms with Crippen LogP contribution in [0.1, 0.15) is 51.9 Å². The van der Waals surface area contributed by atoms with Gasteiger partial charge in [-0.05, 0) is 18.4 Å². The van der Waals surface area contributed by atoms with Crippen molar-refractivity contribution in [1.29, 1.82) is 0 Å². The van der Waals surface area contributed by atoms with Crippen molar-refractivity contribution in [2.75, 3.05) is 0 Å². The summed E-state index contributed by atoms with van der Waals surface area (Å²) in [6, 6.07) is 0. The second kappa shape index (κ2) is 13.2. The van der Waals surface area contributed by atoms with Crippen LogP contribution >= 0.6 is 0 Å². The van der Waals surface area contributed by atoms with E-state index in [1.807, 2.05) is 12.2 Å². The van der Waals surface area contributed by atoms with E-state index in [2.05, 4.69) is 26.2 Å². The lowest BCUT2D eigenvalue weighted by molar-refractivity contribution is 0.608. The van der Waals surface area contributed by atoms with Gasteiger partial charge in [0.2, 0.25) is 0 Å². The first-order chi connectivity index (χ1) is 6.85. The Labute approximate surface area is 94.9 Å². The van der Waals surface area contributed by atoms with E-state index in [4.69, 9.17) is 0 Å². The van der Waals surface area contributed by atoms with E-state index in [-0.39, 0.29) is 5.48 Å². The molecule has 0 atom stereocenters. The van der Waals surface area contributed by atoms with Gasteiger partial charge in [0.15, 0.2) is 0 Å². The molecular weight excluding hydrogens is 184 g/mol. The summed E-state index contributed by atoms with van der Waals surface area (Å²) in [6.45, 7) is 9.74. The fourth-order valence-electron chi connectivity index (χ4n) is 1.51. The van der Waals surface area contributed by atoms with E-state index < -0.39 is 0 Å². The van der Waals surface area contributed by atoms with Crippen LogP contribution in [0.2, 0.25) is 0 Å². The normalized spacial score (nSPS) is 10.6. The van der Waals surface area contributed by atoms with E-state index in [0.717, 1.165) is 6.42 Å². The van der Waals surface area contributed by atoms with E-state index >= 15 is 0 Å². The Kier molecular flexibility index (Phi) is 14.6. The first-order valence-electron chi connectivity index (χ1n) is 5.79. The molecule has 88 valence electrons. The zero-order valence-corrected chi connectivity index (χ0v) is 10.1. The van der Waals surface area contributed by atoms with Crippen molar-refractivity contribution in [3.8, 4) is 0 Å². The number of allylic oxidation sites excluding steroid dienone is 4. The molecule has 0 amide bonds. The SMILES string of the molecule is C=C/C=C(\C=C)CCCCCCCC.O. The summed E-state index contributed by atoms with van der Waals surface area (Å²) in [5, 5.41) is 0. The largest absolute Gasteiger partial charge is 0.412 e. The van der Waals surface area contributed by atoms with Gasteiger partial charge in [0.25, 0.3) is 0 Å². The van der Waals surface area contributed by atoms with E-state index in [1.165, 1.54) is 44.1 Å². The second-order valence-electron chi connectivity index (χ2n) is 3.70. The highest BCUT2D eigenvalue weighted by Gasteiger charge is 1.92. The third-order valence-electron chi connectivity index (χ3n) is 2.41. The monoisotopic (exact) mass is 210 g/mol. The minimum Gasteiger partial charge on any atom is -0.412 e. The van der Waals surface area contributed by atoms with Gasteiger partial charge in [-0.1, -0.05) is 70.4 Å². The third kappa shape index (κ3) is 11.1. The molecule has 2 N–H and O–H groups in total. The van der Waals surface area contributed by atoms with Crippen molar-refractivity contribution >= 4 is 0 Å². The number of hydrogen-bond acceptors (Lipinski definition) is 0. The molecule has 1 heteroatoms. The van der Waals surface area contributed by atoms with Gasteiger partial charge in [-0.2, -0.15) is 0 Å². The molecule has 0 aromatic carbocycles. The Morgan fingerprint density at radius 2 is 1.60 bits per heavy atom. The van der Waals surface area contributed by atoms with Crippen LogP contribution < -0.4 is 0 Å². The van der Waals surface area contributed by atoms with E-state index in [0.29, 0.717) is 0 Å². The number of rotatable bonds is 9. The molecular formula is C14H26O. The van der Waals surface area contributed by atoms with Crippen LogP contribution in [0.5, 0.6) is 0 Å². The molecule has 0 heterocycles. The molecule has 0 saturated heterocycles. The molecule has 0 spiro atoms. The summed E-state index contributed by atoms with van der Waals surface area (Å²) < 4.78 is 0. The molecule has 0 aromatic rings. The van der Waals surface area contributed by atoms with Gasteiger partial charge < -0.3 is 5.48 Å². The Bertz CT molecular complexity index is 180. The van der Waals surface area contributed by atoms with Crippen molar-refractivity contribution in [2.24, 2.45) is 0 Å². The van der Waals surface area contributed by atoms with Crippen molar-refractivity contribution in [3.05, 3.63) is 37.0 Å². The molecule has 0 aromatic heterocycles. The molecule has 0 radical (unpaired) electrons. The molecule has 1 nitrogen and oxygen atoms in total. The fraction of sp³-hybridized carbons (Fsp3) is 0.571. The Balaban J connectivity index is 0. The molecule has 0 rings (SSSR count). The predicted octanol–water partition coefficient (Wildman–Crippen LogP) is 4.21. The lowest BCUT2D eigenvalue weighted by Gasteiger charge is -2.01. The van der Waals surface area contributed by atoms with Crippen molar-refractivity contribution in [1.82, 2.24) is 0 Å². The average Bonchev–Trinajstić information content (AvgIpc) is 2.21. The van der Waals surface area contributed by atoms with Gasteiger partial charge in [0, 0.05) is 0 Å². The molecule has 0 aliphatic heterocycles. The summed E-state index contributed by atoms with van der Waals surface area (Å²) in [4.78, 5) is 0. The zero-order valence-electron chi connectivity index (χ0n) is 10.1.